The number of unbranched alkanes of at least 4 members (excludes halogenated alkanes) is 2. The highest BCUT2D eigenvalue weighted by Crippen LogP contribution is 2.17. The highest BCUT2D eigenvalue weighted by atomic mass is 15.2. The second kappa shape index (κ2) is 11.0. The highest BCUT2D eigenvalue weighted by molar-refractivity contribution is 5.83. The molecule has 0 saturated carbocycles. The smallest absolute Gasteiger partial charge is 0.190 e. The van der Waals surface area contributed by atoms with Gasteiger partial charge in [-0.05, 0) is 63.4 Å². The lowest BCUT2D eigenvalue weighted by Gasteiger charge is -2.26. The first-order chi connectivity index (χ1) is 13.4. The molecule has 3 N–H and O–H groups in total. The molecule has 148 valence electrons. The molecular weight excluding hydrogens is 334 g/mol. The largest absolute Gasteiger partial charge is 0.361 e. The van der Waals surface area contributed by atoms with E-state index in [1.165, 1.54) is 74.6 Å². The molecule has 1 aromatic heterocycles. The molecule has 0 amide bonds. The van der Waals surface area contributed by atoms with Gasteiger partial charge in [-0.3, -0.25) is 4.99 Å². The van der Waals surface area contributed by atoms with E-state index >= 15 is 0 Å². The van der Waals surface area contributed by atoms with Gasteiger partial charge in [0.05, 0.1) is 0 Å². The topological polar surface area (TPSA) is 55.5 Å². The van der Waals surface area contributed by atoms with Gasteiger partial charge in [-0.15, -0.1) is 0 Å². The lowest BCUT2D eigenvalue weighted by molar-refractivity contribution is 0.224. The first kappa shape index (κ1) is 19.7. The van der Waals surface area contributed by atoms with Gasteiger partial charge in [-0.1, -0.05) is 31.0 Å². The van der Waals surface area contributed by atoms with Gasteiger partial charge in [-0.2, -0.15) is 0 Å². The number of rotatable bonds is 9. The van der Waals surface area contributed by atoms with Crippen molar-refractivity contribution in [3.63, 3.8) is 0 Å². The molecular formula is C22H35N5. The number of benzene rings is 1. The molecule has 1 aromatic carbocycles. The summed E-state index contributed by atoms with van der Waals surface area (Å²) >= 11 is 0. The van der Waals surface area contributed by atoms with Crippen LogP contribution in [0.1, 0.15) is 44.1 Å². The molecule has 0 atom stereocenters. The van der Waals surface area contributed by atoms with Gasteiger partial charge in [0.15, 0.2) is 5.96 Å². The Morgan fingerprint density at radius 3 is 2.70 bits per heavy atom. The number of hydrogen-bond donors (Lipinski definition) is 3. The fourth-order valence-electron chi connectivity index (χ4n) is 3.90. The van der Waals surface area contributed by atoms with Crippen LogP contribution in [-0.4, -0.2) is 55.6 Å². The first-order valence-electron chi connectivity index (χ1n) is 10.6. The van der Waals surface area contributed by atoms with Gasteiger partial charge in [0.25, 0.3) is 0 Å². The van der Waals surface area contributed by atoms with Crippen LogP contribution < -0.4 is 10.6 Å². The van der Waals surface area contributed by atoms with Gasteiger partial charge in [0.1, 0.15) is 0 Å². The number of aromatic nitrogens is 1. The molecule has 1 saturated heterocycles. The molecule has 0 radical (unpaired) electrons. The van der Waals surface area contributed by atoms with Crippen molar-refractivity contribution in [2.75, 3.05) is 39.8 Å². The molecule has 0 spiro atoms. The Labute approximate surface area is 163 Å². The van der Waals surface area contributed by atoms with Gasteiger partial charge in [0, 0.05) is 37.2 Å². The predicted octanol–water partition coefficient (Wildman–Crippen LogP) is 3.53. The third-order valence-electron chi connectivity index (χ3n) is 5.48. The molecule has 3 rings (SSSR count). The summed E-state index contributed by atoms with van der Waals surface area (Å²) in [6, 6.07) is 8.47. The molecule has 0 aliphatic carbocycles. The maximum atomic E-state index is 4.34. The Kier molecular flexibility index (Phi) is 8.03. The maximum absolute atomic E-state index is 4.34. The first-order valence-corrected chi connectivity index (χ1v) is 10.6. The van der Waals surface area contributed by atoms with Crippen LogP contribution in [0, 0.1) is 0 Å². The minimum absolute atomic E-state index is 0.885. The van der Waals surface area contributed by atoms with E-state index in [2.05, 4.69) is 56.0 Å². The number of H-pyrrole nitrogens is 1. The fourth-order valence-corrected chi connectivity index (χ4v) is 3.90. The SMILES string of the molecule is CN=C(NCCCCCN1CCCCC1)NCCc1c[nH]c2ccccc12. The van der Waals surface area contributed by atoms with Crippen LogP contribution >= 0.6 is 0 Å². The molecule has 1 aliphatic heterocycles. The number of hydrogen-bond acceptors (Lipinski definition) is 2. The van der Waals surface area contributed by atoms with E-state index in [1.807, 2.05) is 7.05 Å². The van der Waals surface area contributed by atoms with Gasteiger partial charge in [-0.25, -0.2) is 0 Å². The van der Waals surface area contributed by atoms with E-state index in [4.69, 9.17) is 0 Å². The van der Waals surface area contributed by atoms with Crippen LogP contribution in [-0.2, 0) is 6.42 Å². The number of guanidine groups is 1. The van der Waals surface area contributed by atoms with Crippen LogP contribution in [0.5, 0.6) is 0 Å². The minimum Gasteiger partial charge on any atom is -0.361 e. The number of fused-ring (bicyclic) bond motifs is 1. The maximum Gasteiger partial charge on any atom is 0.190 e. The van der Waals surface area contributed by atoms with E-state index in [-0.39, 0.29) is 0 Å². The molecule has 5 heteroatoms. The monoisotopic (exact) mass is 369 g/mol. The molecule has 27 heavy (non-hydrogen) atoms. The predicted molar refractivity (Wildman–Crippen MR) is 116 cm³/mol. The number of likely N-dealkylation sites (tertiary alicyclic amines) is 1. The summed E-state index contributed by atoms with van der Waals surface area (Å²) in [6.45, 7) is 5.78. The summed E-state index contributed by atoms with van der Waals surface area (Å²) in [5, 5.41) is 8.19. The van der Waals surface area contributed by atoms with Crippen LogP contribution in [0.3, 0.4) is 0 Å². The molecule has 2 aromatic rings. The van der Waals surface area contributed by atoms with Crippen LogP contribution in [0.15, 0.2) is 35.5 Å². The Bertz CT molecular complexity index is 700. The zero-order valence-corrected chi connectivity index (χ0v) is 16.8. The third-order valence-corrected chi connectivity index (χ3v) is 5.48. The van der Waals surface area contributed by atoms with Crippen molar-refractivity contribution in [3.8, 4) is 0 Å². The Morgan fingerprint density at radius 2 is 1.85 bits per heavy atom. The van der Waals surface area contributed by atoms with Crippen molar-refractivity contribution in [2.24, 2.45) is 4.99 Å². The lowest BCUT2D eigenvalue weighted by Crippen LogP contribution is -2.38. The summed E-state index contributed by atoms with van der Waals surface area (Å²) < 4.78 is 0. The zero-order valence-electron chi connectivity index (χ0n) is 16.8. The molecule has 0 bridgehead atoms. The van der Waals surface area contributed by atoms with E-state index in [0.29, 0.717) is 0 Å². The van der Waals surface area contributed by atoms with Gasteiger partial charge in [0.2, 0.25) is 0 Å². The average molecular weight is 370 g/mol. The quantitative estimate of drug-likeness (QED) is 0.360. The van der Waals surface area contributed by atoms with Crippen molar-refractivity contribution in [3.05, 3.63) is 36.0 Å². The second-order valence-corrected chi connectivity index (χ2v) is 7.50. The van der Waals surface area contributed by atoms with Crippen molar-refractivity contribution in [2.45, 2.75) is 44.9 Å². The van der Waals surface area contributed by atoms with Crippen molar-refractivity contribution in [1.29, 1.82) is 0 Å². The minimum atomic E-state index is 0.885. The fraction of sp³-hybridized carbons (Fsp3) is 0.591. The normalized spacial score (nSPS) is 16.0. The van der Waals surface area contributed by atoms with Gasteiger partial charge >= 0.3 is 0 Å². The number of nitrogens with one attached hydrogen (secondary N) is 3. The lowest BCUT2D eigenvalue weighted by atomic mass is 10.1. The Morgan fingerprint density at radius 1 is 1.04 bits per heavy atom. The number of piperidine rings is 1. The number of aliphatic imine (C=N–C) groups is 1. The zero-order chi connectivity index (χ0) is 18.7. The summed E-state index contributed by atoms with van der Waals surface area (Å²) in [5.41, 5.74) is 2.56. The summed E-state index contributed by atoms with van der Waals surface area (Å²) in [7, 11) is 1.84. The highest BCUT2D eigenvalue weighted by Gasteiger charge is 2.08. The molecule has 1 aliphatic rings. The second-order valence-electron chi connectivity index (χ2n) is 7.50. The molecule has 1 fully saturated rings. The van der Waals surface area contributed by atoms with Crippen LogP contribution in [0.2, 0.25) is 0 Å². The summed E-state index contributed by atoms with van der Waals surface area (Å²) in [4.78, 5) is 10.3. The van der Waals surface area contributed by atoms with E-state index < -0.39 is 0 Å². The van der Waals surface area contributed by atoms with E-state index in [0.717, 1.165) is 25.5 Å². The van der Waals surface area contributed by atoms with E-state index in [1.54, 1.807) is 0 Å². The van der Waals surface area contributed by atoms with Crippen molar-refractivity contribution >= 4 is 16.9 Å². The van der Waals surface area contributed by atoms with Crippen molar-refractivity contribution in [1.82, 2.24) is 20.5 Å². The van der Waals surface area contributed by atoms with Crippen LogP contribution in [0.25, 0.3) is 10.9 Å². The van der Waals surface area contributed by atoms with Gasteiger partial charge < -0.3 is 20.5 Å². The number of aromatic amines is 1. The third kappa shape index (κ3) is 6.28. The standard InChI is InChI=1S/C22H35N5/c1-23-22(24-13-6-2-7-15-27-16-8-3-9-17-27)25-14-12-19-18-26-21-11-5-4-10-20(19)21/h4-5,10-11,18,26H,2-3,6-9,12-17H2,1H3,(H2,23,24,25). The number of para-hydroxylation sites is 1. The Hall–Kier alpha value is -2.01. The Balaban J connectivity index is 1.27. The molecule has 0 unspecified atom stereocenters. The van der Waals surface area contributed by atoms with Crippen LogP contribution in [0.4, 0.5) is 0 Å². The summed E-state index contributed by atoms with van der Waals surface area (Å²) in [5.74, 6) is 0.908. The summed E-state index contributed by atoms with van der Waals surface area (Å²) in [6.07, 6.45) is 11.1. The average Bonchev–Trinajstić information content (AvgIpc) is 3.13. The molecule has 2 heterocycles. The number of nitrogens with zero attached hydrogens (tertiary/aromatic N) is 2. The van der Waals surface area contributed by atoms with E-state index in [9.17, 15) is 0 Å². The van der Waals surface area contributed by atoms with Crippen molar-refractivity contribution < 1.29 is 0 Å². The molecule has 5 nitrogen and oxygen atoms in total.